The van der Waals surface area contributed by atoms with Gasteiger partial charge in [0, 0.05) is 23.8 Å². The van der Waals surface area contributed by atoms with Gasteiger partial charge in [-0.15, -0.1) is 0 Å². The first-order valence-corrected chi connectivity index (χ1v) is 11.9. The Morgan fingerprint density at radius 3 is 2.41 bits per heavy atom. The zero-order chi connectivity index (χ0) is 22.2. The van der Waals surface area contributed by atoms with Gasteiger partial charge >= 0.3 is 0 Å². The van der Waals surface area contributed by atoms with Crippen LogP contribution in [0.5, 0.6) is 5.75 Å². The van der Waals surface area contributed by atoms with Gasteiger partial charge in [0.1, 0.15) is 5.75 Å². The number of benzene rings is 3. The van der Waals surface area contributed by atoms with E-state index in [2.05, 4.69) is 41.0 Å². The van der Waals surface area contributed by atoms with E-state index in [0.29, 0.717) is 6.04 Å². The van der Waals surface area contributed by atoms with Crippen molar-refractivity contribution in [3.63, 3.8) is 0 Å². The molecule has 0 spiro atoms. The van der Waals surface area contributed by atoms with Crippen molar-refractivity contribution in [1.29, 1.82) is 0 Å². The summed E-state index contributed by atoms with van der Waals surface area (Å²) in [7, 11) is 0. The van der Waals surface area contributed by atoms with Crippen molar-refractivity contribution in [3.8, 4) is 5.75 Å². The van der Waals surface area contributed by atoms with Crippen LogP contribution in [0.15, 0.2) is 60.7 Å². The number of fused-ring (bicyclic) bond motifs is 1. The normalized spacial score (nSPS) is 15.2. The summed E-state index contributed by atoms with van der Waals surface area (Å²) in [6, 6.07) is 20.8. The molecule has 0 heterocycles. The van der Waals surface area contributed by atoms with Crippen LogP contribution in [0.2, 0.25) is 0 Å². The zero-order valence-electron chi connectivity index (χ0n) is 19.0. The lowest BCUT2D eigenvalue weighted by Crippen LogP contribution is -2.29. The SMILES string of the molecule is Cc1ccc(NC(=O)COc2ccc3ccccc3c2CNC2CCCCCCC2)cc1. The Morgan fingerprint density at radius 1 is 0.906 bits per heavy atom. The average molecular weight is 431 g/mol. The lowest BCUT2D eigenvalue weighted by molar-refractivity contribution is -0.118. The van der Waals surface area contributed by atoms with Crippen molar-refractivity contribution < 1.29 is 9.53 Å². The van der Waals surface area contributed by atoms with Gasteiger partial charge in [-0.2, -0.15) is 0 Å². The summed E-state index contributed by atoms with van der Waals surface area (Å²) in [5, 5.41) is 9.08. The van der Waals surface area contributed by atoms with Crippen LogP contribution in [0.1, 0.15) is 56.1 Å². The Balaban J connectivity index is 1.45. The molecule has 0 radical (unpaired) electrons. The van der Waals surface area contributed by atoms with E-state index in [4.69, 9.17) is 4.74 Å². The molecule has 168 valence electrons. The van der Waals surface area contributed by atoms with E-state index in [1.165, 1.54) is 55.7 Å². The van der Waals surface area contributed by atoms with Gasteiger partial charge in [-0.25, -0.2) is 0 Å². The smallest absolute Gasteiger partial charge is 0.262 e. The highest BCUT2D eigenvalue weighted by Crippen LogP contribution is 2.29. The number of amides is 1. The number of nitrogens with one attached hydrogen (secondary N) is 2. The molecule has 1 aliphatic carbocycles. The van der Waals surface area contributed by atoms with E-state index in [1.807, 2.05) is 37.3 Å². The molecule has 4 heteroatoms. The lowest BCUT2D eigenvalue weighted by atomic mass is 9.96. The summed E-state index contributed by atoms with van der Waals surface area (Å²) in [5.74, 6) is 0.627. The molecular formula is C28H34N2O2. The Labute approximate surface area is 191 Å². The van der Waals surface area contributed by atoms with E-state index >= 15 is 0 Å². The van der Waals surface area contributed by atoms with Gasteiger partial charge in [-0.05, 0) is 48.7 Å². The van der Waals surface area contributed by atoms with Crippen molar-refractivity contribution in [2.24, 2.45) is 0 Å². The monoisotopic (exact) mass is 430 g/mol. The summed E-state index contributed by atoms with van der Waals surface area (Å²) in [5.41, 5.74) is 3.08. The number of rotatable bonds is 7. The van der Waals surface area contributed by atoms with Crippen LogP contribution in [0.3, 0.4) is 0 Å². The summed E-state index contributed by atoms with van der Waals surface area (Å²) in [6.07, 6.45) is 9.14. The van der Waals surface area contributed by atoms with Crippen molar-refractivity contribution in [3.05, 3.63) is 71.8 Å². The number of hydrogen-bond donors (Lipinski definition) is 2. The van der Waals surface area contributed by atoms with Crippen LogP contribution in [-0.2, 0) is 11.3 Å². The van der Waals surface area contributed by atoms with Crippen molar-refractivity contribution in [1.82, 2.24) is 5.32 Å². The molecular weight excluding hydrogens is 396 g/mol. The number of aryl methyl sites for hydroxylation is 1. The fraction of sp³-hybridized carbons (Fsp3) is 0.393. The summed E-state index contributed by atoms with van der Waals surface area (Å²) >= 11 is 0. The molecule has 0 unspecified atom stereocenters. The fourth-order valence-corrected chi connectivity index (χ4v) is 4.52. The molecule has 1 saturated carbocycles. The number of ether oxygens (including phenoxy) is 1. The first-order valence-electron chi connectivity index (χ1n) is 11.9. The largest absolute Gasteiger partial charge is 0.483 e. The van der Waals surface area contributed by atoms with Gasteiger partial charge in [-0.1, -0.05) is 80.1 Å². The van der Waals surface area contributed by atoms with E-state index < -0.39 is 0 Å². The molecule has 3 aromatic rings. The van der Waals surface area contributed by atoms with Gasteiger partial charge < -0.3 is 15.4 Å². The third kappa shape index (κ3) is 6.10. The van der Waals surface area contributed by atoms with E-state index in [0.717, 1.165) is 29.1 Å². The van der Waals surface area contributed by atoms with Crippen LogP contribution >= 0.6 is 0 Å². The van der Waals surface area contributed by atoms with Gasteiger partial charge in [0.15, 0.2) is 6.61 Å². The van der Waals surface area contributed by atoms with E-state index in [-0.39, 0.29) is 12.5 Å². The first-order chi connectivity index (χ1) is 15.7. The van der Waals surface area contributed by atoms with Crippen LogP contribution in [0.4, 0.5) is 5.69 Å². The molecule has 2 N–H and O–H groups in total. The maximum Gasteiger partial charge on any atom is 0.262 e. The minimum atomic E-state index is -0.152. The van der Waals surface area contributed by atoms with Crippen LogP contribution in [0.25, 0.3) is 10.8 Å². The van der Waals surface area contributed by atoms with E-state index in [9.17, 15) is 4.79 Å². The molecule has 0 bridgehead atoms. The molecule has 4 nitrogen and oxygen atoms in total. The minimum Gasteiger partial charge on any atom is -0.483 e. The molecule has 4 rings (SSSR count). The Morgan fingerprint density at radius 2 is 1.62 bits per heavy atom. The molecule has 1 amide bonds. The predicted octanol–water partition coefficient (Wildman–Crippen LogP) is 6.37. The predicted molar refractivity (Wildman–Crippen MR) is 132 cm³/mol. The minimum absolute atomic E-state index is 0.0113. The molecule has 0 aromatic heterocycles. The molecule has 0 atom stereocenters. The summed E-state index contributed by atoms with van der Waals surface area (Å²) < 4.78 is 6.04. The molecule has 3 aromatic carbocycles. The number of carbonyl (C=O) groups is 1. The second kappa shape index (κ2) is 11.1. The second-order valence-corrected chi connectivity index (χ2v) is 8.89. The molecule has 32 heavy (non-hydrogen) atoms. The van der Waals surface area contributed by atoms with E-state index in [1.54, 1.807) is 0 Å². The number of carbonyl (C=O) groups excluding carboxylic acids is 1. The van der Waals surface area contributed by atoms with Gasteiger partial charge in [-0.3, -0.25) is 4.79 Å². The maximum absolute atomic E-state index is 12.5. The fourth-order valence-electron chi connectivity index (χ4n) is 4.52. The van der Waals surface area contributed by atoms with Crippen molar-refractivity contribution in [2.75, 3.05) is 11.9 Å². The quantitative estimate of drug-likeness (QED) is 0.458. The summed E-state index contributed by atoms with van der Waals surface area (Å²) in [6.45, 7) is 2.77. The summed E-state index contributed by atoms with van der Waals surface area (Å²) in [4.78, 5) is 12.5. The van der Waals surface area contributed by atoms with Gasteiger partial charge in [0.25, 0.3) is 5.91 Å². The highest BCUT2D eigenvalue weighted by molar-refractivity contribution is 5.92. The van der Waals surface area contributed by atoms with Crippen LogP contribution in [0, 0.1) is 6.92 Å². The standard InChI is InChI=1S/C28H34N2O2/c1-21-13-16-24(17-14-21)30-28(31)20-32-27-18-15-22-9-7-8-12-25(22)26(27)19-29-23-10-5-3-2-4-6-11-23/h7-9,12-18,23,29H,2-6,10-11,19-20H2,1H3,(H,30,31). The first kappa shape index (κ1) is 22.3. The van der Waals surface area contributed by atoms with Crippen LogP contribution in [-0.4, -0.2) is 18.6 Å². The van der Waals surface area contributed by atoms with Gasteiger partial charge in [0.05, 0.1) is 0 Å². The molecule has 1 aliphatic rings. The zero-order valence-corrected chi connectivity index (χ0v) is 19.0. The third-order valence-corrected chi connectivity index (χ3v) is 6.36. The van der Waals surface area contributed by atoms with Gasteiger partial charge in [0.2, 0.25) is 0 Å². The molecule has 0 aliphatic heterocycles. The molecule has 1 fully saturated rings. The Hall–Kier alpha value is -2.85. The second-order valence-electron chi connectivity index (χ2n) is 8.89. The molecule has 0 saturated heterocycles. The Bertz CT molecular complexity index is 1020. The van der Waals surface area contributed by atoms with Crippen molar-refractivity contribution >= 4 is 22.4 Å². The highest BCUT2D eigenvalue weighted by Gasteiger charge is 2.15. The number of anilines is 1. The highest BCUT2D eigenvalue weighted by atomic mass is 16.5. The lowest BCUT2D eigenvalue weighted by Gasteiger charge is -2.22. The Kier molecular flexibility index (Phi) is 7.78. The maximum atomic E-state index is 12.5. The van der Waals surface area contributed by atoms with Crippen LogP contribution < -0.4 is 15.4 Å². The average Bonchev–Trinajstić information content (AvgIpc) is 2.79. The van der Waals surface area contributed by atoms with Crippen molar-refractivity contribution in [2.45, 2.75) is 64.5 Å². The topological polar surface area (TPSA) is 50.4 Å². The number of hydrogen-bond acceptors (Lipinski definition) is 3. The third-order valence-electron chi connectivity index (χ3n) is 6.36.